The molecule has 1 N–H and O–H groups in total. The molecule has 6 heteroatoms. The average Bonchev–Trinajstić information content (AvgIpc) is 2.72. The molecule has 2 fully saturated rings. The van der Waals surface area contributed by atoms with E-state index in [0.717, 1.165) is 65.4 Å². The van der Waals surface area contributed by atoms with Gasteiger partial charge in [-0.1, -0.05) is 31.9 Å². The summed E-state index contributed by atoms with van der Waals surface area (Å²) in [4.78, 5) is 19.1. The van der Waals surface area contributed by atoms with Gasteiger partial charge >= 0.3 is 6.03 Å². The second kappa shape index (κ2) is 9.67. The molecule has 2 amide bonds. The molecule has 2 aliphatic heterocycles. The third-order valence-electron chi connectivity index (χ3n) is 5.20. The maximum atomic E-state index is 12.3. The first-order chi connectivity index (χ1) is 12.8. The van der Waals surface area contributed by atoms with Crippen LogP contribution in [0.1, 0.15) is 26.2 Å². The topological polar surface area (TPSA) is 48.1 Å². The predicted molar refractivity (Wildman–Crippen MR) is 106 cm³/mol. The number of hydrogen-bond acceptors (Lipinski definition) is 4. The minimum atomic E-state index is 0.0854. The summed E-state index contributed by atoms with van der Waals surface area (Å²) in [5, 5.41) is 3.05. The van der Waals surface area contributed by atoms with Gasteiger partial charge in [0.2, 0.25) is 0 Å². The lowest BCUT2D eigenvalue weighted by Crippen LogP contribution is -2.52. The summed E-state index contributed by atoms with van der Waals surface area (Å²) in [6, 6.07) is 8.70. The Balaban J connectivity index is 1.54. The molecule has 3 rings (SSSR count). The number of ether oxygens (including phenoxy) is 1. The highest BCUT2D eigenvalue weighted by Gasteiger charge is 2.24. The van der Waals surface area contributed by atoms with E-state index in [9.17, 15) is 4.79 Å². The fraction of sp³-hybridized carbons (Fsp3) is 0.650. The maximum Gasteiger partial charge on any atom is 0.317 e. The zero-order valence-electron chi connectivity index (χ0n) is 16.0. The zero-order chi connectivity index (χ0) is 18.2. The molecule has 0 aromatic heterocycles. The first kappa shape index (κ1) is 18.8. The predicted octanol–water partition coefficient (Wildman–Crippen LogP) is 2.55. The van der Waals surface area contributed by atoms with E-state index >= 15 is 0 Å². The van der Waals surface area contributed by atoms with Gasteiger partial charge in [0.15, 0.2) is 0 Å². The number of anilines is 2. The number of hydrogen-bond donors (Lipinski definition) is 1. The van der Waals surface area contributed by atoms with E-state index in [1.165, 1.54) is 24.2 Å². The Labute approximate surface area is 157 Å². The molecular weight excluding hydrogens is 328 g/mol. The molecule has 26 heavy (non-hydrogen) atoms. The van der Waals surface area contributed by atoms with Crippen molar-refractivity contribution in [1.82, 2.24) is 10.2 Å². The summed E-state index contributed by atoms with van der Waals surface area (Å²) in [6.07, 6.45) is 3.42. The van der Waals surface area contributed by atoms with Crippen molar-refractivity contribution in [2.24, 2.45) is 0 Å². The summed E-state index contributed by atoms with van der Waals surface area (Å²) in [5.74, 6) is 0. The lowest BCUT2D eigenvalue weighted by atomic mass is 10.2. The van der Waals surface area contributed by atoms with Gasteiger partial charge in [-0.3, -0.25) is 0 Å². The molecular formula is C20H32N4O2. The third kappa shape index (κ3) is 4.81. The van der Waals surface area contributed by atoms with Gasteiger partial charge in [-0.05, 0) is 18.6 Å². The molecule has 2 aliphatic rings. The highest BCUT2D eigenvalue weighted by molar-refractivity contribution is 5.75. The van der Waals surface area contributed by atoms with Crippen molar-refractivity contribution in [3.8, 4) is 0 Å². The second-order valence-electron chi connectivity index (χ2n) is 7.00. The number of morpholine rings is 1. The van der Waals surface area contributed by atoms with Gasteiger partial charge in [0.05, 0.1) is 24.6 Å². The van der Waals surface area contributed by atoms with Crippen LogP contribution in [-0.4, -0.2) is 70.0 Å². The van der Waals surface area contributed by atoms with Crippen molar-refractivity contribution < 1.29 is 9.53 Å². The number of rotatable bonds is 6. The smallest absolute Gasteiger partial charge is 0.317 e. The van der Waals surface area contributed by atoms with Crippen LogP contribution >= 0.6 is 0 Å². The Kier molecular flexibility index (Phi) is 7.00. The molecule has 6 nitrogen and oxygen atoms in total. The fourth-order valence-electron chi connectivity index (χ4n) is 3.64. The van der Waals surface area contributed by atoms with Crippen LogP contribution in [0.5, 0.6) is 0 Å². The van der Waals surface area contributed by atoms with E-state index in [1.807, 2.05) is 4.90 Å². The van der Waals surface area contributed by atoms with Crippen LogP contribution in [0.4, 0.5) is 16.2 Å². The van der Waals surface area contributed by atoms with Crippen molar-refractivity contribution in [3.63, 3.8) is 0 Å². The van der Waals surface area contributed by atoms with E-state index in [4.69, 9.17) is 4.74 Å². The Morgan fingerprint density at radius 2 is 1.58 bits per heavy atom. The third-order valence-corrected chi connectivity index (χ3v) is 5.20. The van der Waals surface area contributed by atoms with Crippen molar-refractivity contribution in [3.05, 3.63) is 24.3 Å². The molecule has 2 heterocycles. The minimum absolute atomic E-state index is 0.0854. The molecule has 1 aromatic rings. The van der Waals surface area contributed by atoms with Crippen LogP contribution in [0.2, 0.25) is 0 Å². The largest absolute Gasteiger partial charge is 0.378 e. The minimum Gasteiger partial charge on any atom is -0.378 e. The number of carbonyl (C=O) groups excluding carboxylic acids is 1. The van der Waals surface area contributed by atoms with Crippen molar-refractivity contribution >= 4 is 17.4 Å². The number of amides is 2. The Morgan fingerprint density at radius 3 is 2.19 bits per heavy atom. The second-order valence-corrected chi connectivity index (χ2v) is 7.00. The number of piperazine rings is 1. The van der Waals surface area contributed by atoms with E-state index < -0.39 is 0 Å². The van der Waals surface area contributed by atoms with E-state index in [-0.39, 0.29) is 6.03 Å². The monoisotopic (exact) mass is 360 g/mol. The standard InChI is InChI=1S/C20H32N4O2/c1-2-3-6-9-21-20(25)24-12-10-22(11-13-24)18-7-4-5-8-19(18)23-14-16-26-17-15-23/h4-5,7-8H,2-3,6,9-17H2,1H3,(H,21,25). The normalized spacial score (nSPS) is 18.1. The molecule has 2 saturated heterocycles. The summed E-state index contributed by atoms with van der Waals surface area (Å²) >= 11 is 0. The molecule has 0 atom stereocenters. The molecule has 0 bridgehead atoms. The first-order valence-electron chi connectivity index (χ1n) is 9.99. The lowest BCUT2D eigenvalue weighted by molar-refractivity contribution is 0.122. The summed E-state index contributed by atoms with van der Waals surface area (Å²) in [6.45, 7) is 9.74. The van der Waals surface area contributed by atoms with E-state index in [1.54, 1.807) is 0 Å². The highest BCUT2D eigenvalue weighted by Crippen LogP contribution is 2.30. The Morgan fingerprint density at radius 1 is 0.962 bits per heavy atom. The molecule has 0 saturated carbocycles. The van der Waals surface area contributed by atoms with Crippen LogP contribution in [0, 0.1) is 0 Å². The van der Waals surface area contributed by atoms with E-state index in [0.29, 0.717) is 0 Å². The highest BCUT2D eigenvalue weighted by atomic mass is 16.5. The van der Waals surface area contributed by atoms with Crippen molar-refractivity contribution in [1.29, 1.82) is 0 Å². The van der Waals surface area contributed by atoms with Crippen molar-refractivity contribution in [2.45, 2.75) is 26.2 Å². The van der Waals surface area contributed by atoms with Gasteiger partial charge in [0.1, 0.15) is 0 Å². The Hall–Kier alpha value is -1.95. The summed E-state index contributed by atoms with van der Waals surface area (Å²) < 4.78 is 5.49. The molecule has 0 radical (unpaired) electrons. The summed E-state index contributed by atoms with van der Waals surface area (Å²) in [5.41, 5.74) is 2.56. The molecule has 0 spiro atoms. The number of nitrogens with zero attached hydrogens (tertiary/aromatic N) is 3. The number of carbonyl (C=O) groups is 1. The first-order valence-corrected chi connectivity index (χ1v) is 9.99. The van der Waals surface area contributed by atoms with Gasteiger partial charge in [-0.2, -0.15) is 0 Å². The van der Waals surface area contributed by atoms with Crippen LogP contribution in [0.15, 0.2) is 24.3 Å². The quantitative estimate of drug-likeness (QED) is 0.792. The van der Waals surface area contributed by atoms with Gasteiger partial charge in [0.25, 0.3) is 0 Å². The molecule has 1 aromatic carbocycles. The van der Waals surface area contributed by atoms with E-state index in [2.05, 4.69) is 46.3 Å². The fourth-order valence-corrected chi connectivity index (χ4v) is 3.64. The van der Waals surface area contributed by atoms with Crippen molar-refractivity contribution in [2.75, 3.05) is 68.8 Å². The van der Waals surface area contributed by atoms with Gasteiger partial charge < -0.3 is 24.8 Å². The molecule has 144 valence electrons. The number of benzene rings is 1. The number of para-hydroxylation sites is 2. The lowest BCUT2D eigenvalue weighted by Gasteiger charge is -2.39. The number of urea groups is 1. The van der Waals surface area contributed by atoms with Crippen LogP contribution in [-0.2, 0) is 4.74 Å². The molecule has 0 aliphatic carbocycles. The Bertz CT molecular complexity index is 567. The average molecular weight is 361 g/mol. The van der Waals surface area contributed by atoms with Crippen LogP contribution in [0.3, 0.4) is 0 Å². The SMILES string of the molecule is CCCCCNC(=O)N1CCN(c2ccccc2N2CCOCC2)CC1. The number of unbranched alkanes of at least 4 members (excludes halogenated alkanes) is 2. The molecule has 0 unspecified atom stereocenters. The van der Waals surface area contributed by atoms with Crippen LogP contribution < -0.4 is 15.1 Å². The summed E-state index contributed by atoms with van der Waals surface area (Å²) in [7, 11) is 0. The van der Waals surface area contributed by atoms with Gasteiger partial charge in [-0.15, -0.1) is 0 Å². The number of nitrogens with one attached hydrogen (secondary N) is 1. The van der Waals surface area contributed by atoms with Gasteiger partial charge in [-0.25, -0.2) is 4.79 Å². The maximum absolute atomic E-state index is 12.3. The van der Waals surface area contributed by atoms with Crippen LogP contribution in [0.25, 0.3) is 0 Å². The van der Waals surface area contributed by atoms with Gasteiger partial charge in [0, 0.05) is 45.8 Å². The zero-order valence-corrected chi connectivity index (χ0v) is 16.0.